The van der Waals surface area contributed by atoms with Crippen LogP contribution in [0.2, 0.25) is 0 Å². The standard InChI is InChI=1S/C15H21NO3/c1-11(10-19-2)7-15(18)16-6-5-12-3-4-14(17)8-13(12)9-16/h3-4,8,11,17H,5-7,9-10H2,1-2H3. The first-order chi connectivity index (χ1) is 9.10. The molecule has 1 heterocycles. The van der Waals surface area contributed by atoms with Gasteiger partial charge in [-0.1, -0.05) is 13.0 Å². The Hall–Kier alpha value is -1.55. The number of hydrogen-bond acceptors (Lipinski definition) is 3. The Balaban J connectivity index is 1.99. The Kier molecular flexibility index (Phi) is 4.43. The third-order valence-corrected chi connectivity index (χ3v) is 3.53. The number of phenols is 1. The number of rotatable bonds is 4. The van der Waals surface area contributed by atoms with E-state index in [4.69, 9.17) is 4.74 Å². The number of methoxy groups -OCH3 is 1. The van der Waals surface area contributed by atoms with E-state index in [1.54, 1.807) is 19.2 Å². The second kappa shape index (κ2) is 6.06. The van der Waals surface area contributed by atoms with Crippen LogP contribution in [0.25, 0.3) is 0 Å². The van der Waals surface area contributed by atoms with Crippen molar-refractivity contribution in [3.8, 4) is 5.75 Å². The van der Waals surface area contributed by atoms with Gasteiger partial charge in [0.15, 0.2) is 0 Å². The predicted octanol–water partition coefficient (Wildman–Crippen LogP) is 1.95. The number of carbonyl (C=O) groups is 1. The lowest BCUT2D eigenvalue weighted by Crippen LogP contribution is -2.36. The van der Waals surface area contributed by atoms with Crippen molar-refractivity contribution < 1.29 is 14.6 Å². The van der Waals surface area contributed by atoms with Gasteiger partial charge in [0.1, 0.15) is 5.75 Å². The minimum absolute atomic E-state index is 0.165. The minimum Gasteiger partial charge on any atom is -0.508 e. The van der Waals surface area contributed by atoms with Crippen molar-refractivity contribution in [2.24, 2.45) is 5.92 Å². The molecule has 0 aromatic heterocycles. The second-order valence-electron chi connectivity index (χ2n) is 5.28. The second-order valence-corrected chi connectivity index (χ2v) is 5.28. The van der Waals surface area contributed by atoms with Crippen molar-refractivity contribution in [2.45, 2.75) is 26.3 Å². The van der Waals surface area contributed by atoms with Crippen LogP contribution in [0.15, 0.2) is 18.2 Å². The van der Waals surface area contributed by atoms with Crippen LogP contribution in [0, 0.1) is 5.92 Å². The van der Waals surface area contributed by atoms with Gasteiger partial charge in [-0.2, -0.15) is 0 Å². The van der Waals surface area contributed by atoms with Gasteiger partial charge in [-0.25, -0.2) is 0 Å². The molecule has 1 aliphatic heterocycles. The largest absolute Gasteiger partial charge is 0.508 e. The van der Waals surface area contributed by atoms with E-state index in [0.717, 1.165) is 18.5 Å². The lowest BCUT2D eigenvalue weighted by molar-refractivity contribution is -0.133. The average Bonchev–Trinajstić information content (AvgIpc) is 2.38. The molecule has 0 spiro atoms. The van der Waals surface area contributed by atoms with Gasteiger partial charge in [0.05, 0.1) is 0 Å². The van der Waals surface area contributed by atoms with Crippen molar-refractivity contribution in [2.75, 3.05) is 20.3 Å². The summed E-state index contributed by atoms with van der Waals surface area (Å²) in [7, 11) is 1.65. The molecule has 1 atom stereocenters. The summed E-state index contributed by atoms with van der Waals surface area (Å²) in [5, 5.41) is 9.51. The normalized spacial score (nSPS) is 16.0. The number of aromatic hydroxyl groups is 1. The molecule has 1 aromatic carbocycles. The lowest BCUT2D eigenvalue weighted by Gasteiger charge is -2.29. The van der Waals surface area contributed by atoms with Gasteiger partial charge in [-0.15, -0.1) is 0 Å². The number of fused-ring (bicyclic) bond motifs is 1. The molecule has 4 heteroatoms. The first-order valence-electron chi connectivity index (χ1n) is 6.67. The number of hydrogen-bond donors (Lipinski definition) is 1. The van der Waals surface area contributed by atoms with Crippen LogP contribution in [-0.2, 0) is 22.5 Å². The summed E-state index contributed by atoms with van der Waals surface area (Å²) in [6.07, 6.45) is 1.38. The fraction of sp³-hybridized carbons (Fsp3) is 0.533. The molecule has 2 rings (SSSR count). The minimum atomic E-state index is 0.165. The van der Waals surface area contributed by atoms with Gasteiger partial charge in [0.25, 0.3) is 0 Å². The highest BCUT2D eigenvalue weighted by Crippen LogP contribution is 2.23. The summed E-state index contributed by atoms with van der Waals surface area (Å²) in [6, 6.07) is 5.41. The Morgan fingerprint density at radius 1 is 1.47 bits per heavy atom. The summed E-state index contributed by atoms with van der Waals surface area (Å²) < 4.78 is 5.06. The molecule has 0 aliphatic carbocycles. The summed E-state index contributed by atoms with van der Waals surface area (Å²) in [6.45, 7) is 3.99. The van der Waals surface area contributed by atoms with Crippen molar-refractivity contribution in [1.82, 2.24) is 4.90 Å². The maximum absolute atomic E-state index is 12.2. The maximum Gasteiger partial charge on any atom is 0.223 e. The van der Waals surface area contributed by atoms with Gasteiger partial charge >= 0.3 is 0 Å². The monoisotopic (exact) mass is 263 g/mol. The van der Waals surface area contributed by atoms with Crippen LogP contribution in [0.3, 0.4) is 0 Å². The van der Waals surface area contributed by atoms with E-state index in [1.807, 2.05) is 17.9 Å². The van der Waals surface area contributed by atoms with Crippen LogP contribution < -0.4 is 0 Å². The van der Waals surface area contributed by atoms with E-state index in [0.29, 0.717) is 19.6 Å². The third-order valence-electron chi connectivity index (χ3n) is 3.53. The molecular formula is C15H21NO3. The van der Waals surface area contributed by atoms with Crippen LogP contribution >= 0.6 is 0 Å². The van der Waals surface area contributed by atoms with E-state index in [9.17, 15) is 9.90 Å². The molecule has 1 unspecified atom stereocenters. The molecule has 1 aromatic rings. The molecule has 4 nitrogen and oxygen atoms in total. The first-order valence-corrected chi connectivity index (χ1v) is 6.67. The van der Waals surface area contributed by atoms with E-state index in [-0.39, 0.29) is 17.6 Å². The molecule has 0 saturated carbocycles. The fourth-order valence-corrected chi connectivity index (χ4v) is 2.53. The van der Waals surface area contributed by atoms with E-state index in [2.05, 4.69) is 0 Å². The quantitative estimate of drug-likeness (QED) is 0.903. The number of phenolic OH excluding ortho intramolecular Hbond substituents is 1. The zero-order chi connectivity index (χ0) is 13.8. The van der Waals surface area contributed by atoms with E-state index >= 15 is 0 Å². The SMILES string of the molecule is COCC(C)CC(=O)N1CCc2ccc(O)cc2C1. The lowest BCUT2D eigenvalue weighted by atomic mass is 9.98. The number of benzene rings is 1. The zero-order valence-corrected chi connectivity index (χ0v) is 11.6. The molecule has 0 saturated heterocycles. The van der Waals surface area contributed by atoms with Crippen LogP contribution in [0.4, 0.5) is 0 Å². The molecule has 0 radical (unpaired) electrons. The van der Waals surface area contributed by atoms with Gasteiger partial charge in [-0.3, -0.25) is 4.79 Å². The highest BCUT2D eigenvalue weighted by Gasteiger charge is 2.22. The van der Waals surface area contributed by atoms with E-state index < -0.39 is 0 Å². The topological polar surface area (TPSA) is 49.8 Å². The molecule has 104 valence electrons. The van der Waals surface area contributed by atoms with Crippen LogP contribution in [0.1, 0.15) is 24.5 Å². The van der Waals surface area contributed by atoms with Crippen LogP contribution in [0.5, 0.6) is 5.75 Å². The van der Waals surface area contributed by atoms with Crippen molar-refractivity contribution >= 4 is 5.91 Å². The molecule has 0 bridgehead atoms. The van der Waals surface area contributed by atoms with Gasteiger partial charge in [0, 0.05) is 33.2 Å². The van der Waals surface area contributed by atoms with Gasteiger partial charge in [0.2, 0.25) is 5.91 Å². The van der Waals surface area contributed by atoms with Crippen molar-refractivity contribution in [1.29, 1.82) is 0 Å². The fourth-order valence-electron chi connectivity index (χ4n) is 2.53. The molecular weight excluding hydrogens is 242 g/mol. The summed E-state index contributed by atoms with van der Waals surface area (Å²) >= 11 is 0. The molecule has 1 N–H and O–H groups in total. The number of amides is 1. The summed E-state index contributed by atoms with van der Waals surface area (Å²) in [5.74, 6) is 0.669. The van der Waals surface area contributed by atoms with Crippen molar-refractivity contribution in [3.63, 3.8) is 0 Å². The summed E-state index contributed by atoms with van der Waals surface area (Å²) in [5.41, 5.74) is 2.28. The van der Waals surface area contributed by atoms with Crippen LogP contribution in [-0.4, -0.2) is 36.2 Å². The van der Waals surface area contributed by atoms with E-state index in [1.165, 1.54) is 5.56 Å². The Morgan fingerprint density at radius 3 is 3.00 bits per heavy atom. The number of nitrogens with zero attached hydrogens (tertiary/aromatic N) is 1. The first kappa shape index (κ1) is 13.9. The molecule has 19 heavy (non-hydrogen) atoms. The van der Waals surface area contributed by atoms with Gasteiger partial charge in [-0.05, 0) is 35.6 Å². The Labute approximate surface area is 114 Å². The number of carbonyl (C=O) groups excluding carboxylic acids is 1. The zero-order valence-electron chi connectivity index (χ0n) is 11.6. The van der Waals surface area contributed by atoms with Gasteiger partial charge < -0.3 is 14.7 Å². The van der Waals surface area contributed by atoms with Crippen molar-refractivity contribution in [3.05, 3.63) is 29.3 Å². The molecule has 1 aliphatic rings. The Morgan fingerprint density at radius 2 is 2.26 bits per heavy atom. The smallest absolute Gasteiger partial charge is 0.223 e. The third kappa shape index (κ3) is 3.47. The summed E-state index contributed by atoms with van der Waals surface area (Å²) in [4.78, 5) is 14.1. The predicted molar refractivity (Wildman–Crippen MR) is 72.9 cm³/mol. The molecule has 1 amide bonds. The average molecular weight is 263 g/mol. The Bertz CT molecular complexity index is 459. The number of ether oxygens (including phenoxy) is 1. The highest BCUT2D eigenvalue weighted by molar-refractivity contribution is 5.76. The maximum atomic E-state index is 12.2. The molecule has 0 fully saturated rings. The highest BCUT2D eigenvalue weighted by atomic mass is 16.5.